The summed E-state index contributed by atoms with van der Waals surface area (Å²) in [6, 6.07) is 5.56. The summed E-state index contributed by atoms with van der Waals surface area (Å²) in [7, 11) is 0. The normalized spacial score (nSPS) is 16.8. The number of hydrogen-bond donors (Lipinski definition) is 0. The van der Waals surface area contributed by atoms with Crippen molar-refractivity contribution in [2.24, 2.45) is 10.9 Å². The topological polar surface area (TPSA) is 90.2 Å². The zero-order valence-corrected chi connectivity index (χ0v) is 21.0. The summed E-state index contributed by atoms with van der Waals surface area (Å²) in [4.78, 5) is 43.7. The molecule has 0 bridgehead atoms. The summed E-state index contributed by atoms with van der Waals surface area (Å²) in [5.74, 6) is 0.948. The molecule has 0 spiro atoms. The van der Waals surface area contributed by atoms with Gasteiger partial charge in [0.1, 0.15) is 12.3 Å². The van der Waals surface area contributed by atoms with Crippen LogP contribution in [0.5, 0.6) is 5.75 Å². The fourth-order valence-electron chi connectivity index (χ4n) is 3.76. The molecule has 33 heavy (non-hydrogen) atoms. The first-order chi connectivity index (χ1) is 15.9. The number of likely N-dealkylation sites (tertiary alicyclic amines) is 1. The van der Waals surface area contributed by atoms with Crippen LogP contribution in [0.3, 0.4) is 0 Å². The Labute approximate surface area is 202 Å². The van der Waals surface area contributed by atoms with E-state index in [0.29, 0.717) is 23.1 Å². The number of rotatable bonds is 9. The van der Waals surface area contributed by atoms with E-state index in [1.165, 1.54) is 23.1 Å². The van der Waals surface area contributed by atoms with Gasteiger partial charge in [-0.25, -0.2) is 0 Å². The van der Waals surface area contributed by atoms with Crippen molar-refractivity contribution in [2.45, 2.75) is 40.2 Å². The van der Waals surface area contributed by atoms with Crippen LogP contribution in [0, 0.1) is 5.92 Å². The fraction of sp³-hybridized carbons (Fsp3) is 0.565. The van der Waals surface area contributed by atoms with E-state index < -0.39 is 5.97 Å². The van der Waals surface area contributed by atoms with Gasteiger partial charge >= 0.3 is 5.97 Å². The summed E-state index contributed by atoms with van der Waals surface area (Å²) in [5.41, 5.74) is 0.783. The summed E-state index contributed by atoms with van der Waals surface area (Å²) in [6.45, 7) is 8.19. The van der Waals surface area contributed by atoms with Crippen molar-refractivity contribution in [3.63, 3.8) is 0 Å². The molecule has 1 aromatic carbocycles. The number of ether oxygens (including phenoxy) is 2. The number of thioether (sulfide) groups is 1. The molecule has 2 heterocycles. The van der Waals surface area contributed by atoms with E-state index in [1.54, 1.807) is 11.5 Å². The number of hydrogen-bond acceptors (Lipinski definition) is 7. The van der Waals surface area contributed by atoms with Crippen LogP contribution in [-0.4, -0.2) is 65.1 Å². The number of fused-ring (bicyclic) bond motifs is 1. The van der Waals surface area contributed by atoms with Crippen LogP contribution < -0.4 is 9.54 Å². The molecule has 0 radical (unpaired) electrons. The summed E-state index contributed by atoms with van der Waals surface area (Å²) >= 11 is 2.59. The smallest absolute Gasteiger partial charge is 0.326 e. The SMILES string of the molecule is CCOC(=O)Cn1c(=NC(=O)CSCC(=O)N2CCCC(C)C2)sc2cc(OCC)ccc21. The number of benzene rings is 1. The Balaban J connectivity index is 1.72. The monoisotopic (exact) mass is 493 g/mol. The number of carbonyl (C=O) groups is 3. The predicted octanol–water partition coefficient (Wildman–Crippen LogP) is 3.08. The standard InChI is InChI=1S/C23H31N3O5S2/c1-4-30-17-8-9-18-19(11-17)33-23(26(18)13-22(29)31-5-2)24-20(27)14-32-15-21(28)25-10-6-7-16(3)12-25/h8-9,11,16H,4-7,10,12-15H2,1-3H3. The third-order valence-corrected chi connectivity index (χ3v) is 7.18. The second-order valence-electron chi connectivity index (χ2n) is 7.92. The number of amides is 2. The maximum Gasteiger partial charge on any atom is 0.326 e. The number of nitrogens with zero attached hydrogens (tertiary/aromatic N) is 3. The van der Waals surface area contributed by atoms with E-state index in [1.807, 2.05) is 30.0 Å². The first kappa shape index (κ1) is 25.3. The zero-order chi connectivity index (χ0) is 23.8. The second kappa shape index (κ2) is 12.2. The lowest BCUT2D eigenvalue weighted by Gasteiger charge is -2.30. The van der Waals surface area contributed by atoms with E-state index in [9.17, 15) is 14.4 Å². The van der Waals surface area contributed by atoms with Crippen LogP contribution in [0.25, 0.3) is 10.2 Å². The number of piperidine rings is 1. The van der Waals surface area contributed by atoms with Crippen molar-refractivity contribution in [1.82, 2.24) is 9.47 Å². The molecule has 8 nitrogen and oxygen atoms in total. The Bertz CT molecular complexity index is 1060. The average molecular weight is 494 g/mol. The molecular formula is C23H31N3O5S2. The molecule has 2 amide bonds. The fourth-order valence-corrected chi connectivity index (χ4v) is 5.53. The van der Waals surface area contributed by atoms with E-state index in [-0.39, 0.29) is 36.5 Å². The summed E-state index contributed by atoms with van der Waals surface area (Å²) in [5, 5.41) is 0. The number of carbonyl (C=O) groups excluding carboxylic acids is 3. The van der Waals surface area contributed by atoms with Crippen molar-refractivity contribution in [2.75, 3.05) is 37.8 Å². The van der Waals surface area contributed by atoms with Crippen LogP contribution in [-0.2, 0) is 25.7 Å². The molecule has 1 fully saturated rings. The Hall–Kier alpha value is -2.33. The minimum absolute atomic E-state index is 0.0350. The molecule has 0 aliphatic carbocycles. The van der Waals surface area contributed by atoms with Crippen molar-refractivity contribution in [1.29, 1.82) is 0 Å². The molecule has 1 atom stereocenters. The molecule has 1 aliphatic heterocycles. The molecule has 3 rings (SSSR count). The highest BCUT2D eigenvalue weighted by Gasteiger charge is 2.21. The van der Waals surface area contributed by atoms with Gasteiger partial charge in [-0.05, 0) is 50.8 Å². The first-order valence-corrected chi connectivity index (χ1v) is 13.2. The maximum absolute atomic E-state index is 12.6. The number of thiazole rings is 1. The van der Waals surface area contributed by atoms with Gasteiger partial charge in [-0.15, -0.1) is 11.8 Å². The number of esters is 1. The minimum atomic E-state index is -0.393. The zero-order valence-electron chi connectivity index (χ0n) is 19.4. The average Bonchev–Trinajstić information content (AvgIpc) is 3.10. The van der Waals surface area contributed by atoms with Gasteiger partial charge in [0.25, 0.3) is 5.91 Å². The third kappa shape index (κ3) is 7.07. The van der Waals surface area contributed by atoms with Crippen LogP contribution in [0.4, 0.5) is 0 Å². The van der Waals surface area contributed by atoms with Gasteiger partial charge in [0.05, 0.1) is 34.9 Å². The largest absolute Gasteiger partial charge is 0.494 e. The van der Waals surface area contributed by atoms with E-state index >= 15 is 0 Å². The molecule has 1 aliphatic rings. The van der Waals surface area contributed by atoms with E-state index in [4.69, 9.17) is 9.47 Å². The first-order valence-electron chi connectivity index (χ1n) is 11.3. The van der Waals surface area contributed by atoms with E-state index in [0.717, 1.165) is 36.1 Å². The lowest BCUT2D eigenvalue weighted by Crippen LogP contribution is -2.40. The number of aromatic nitrogens is 1. The van der Waals surface area contributed by atoms with Gasteiger partial charge in [0, 0.05) is 13.1 Å². The highest BCUT2D eigenvalue weighted by atomic mass is 32.2. The van der Waals surface area contributed by atoms with Crippen molar-refractivity contribution < 1.29 is 23.9 Å². The maximum atomic E-state index is 12.6. The summed E-state index contributed by atoms with van der Waals surface area (Å²) in [6.07, 6.45) is 2.19. The van der Waals surface area contributed by atoms with Gasteiger partial charge in [0.15, 0.2) is 4.80 Å². The Morgan fingerprint density at radius 3 is 2.76 bits per heavy atom. The highest BCUT2D eigenvalue weighted by molar-refractivity contribution is 8.00. The highest BCUT2D eigenvalue weighted by Crippen LogP contribution is 2.24. The predicted molar refractivity (Wildman–Crippen MR) is 130 cm³/mol. The van der Waals surface area contributed by atoms with Crippen molar-refractivity contribution in [3.05, 3.63) is 23.0 Å². The lowest BCUT2D eigenvalue weighted by atomic mass is 10.0. The van der Waals surface area contributed by atoms with Gasteiger partial charge in [-0.2, -0.15) is 4.99 Å². The van der Waals surface area contributed by atoms with Gasteiger partial charge in [-0.1, -0.05) is 18.3 Å². The van der Waals surface area contributed by atoms with Crippen LogP contribution in [0.15, 0.2) is 23.2 Å². The third-order valence-electron chi connectivity index (χ3n) is 5.24. The molecule has 1 unspecified atom stereocenters. The quantitative estimate of drug-likeness (QED) is 0.499. The second-order valence-corrected chi connectivity index (χ2v) is 9.92. The molecule has 1 aromatic heterocycles. The molecule has 1 saturated heterocycles. The molecule has 180 valence electrons. The van der Waals surface area contributed by atoms with Gasteiger partial charge < -0.3 is 18.9 Å². The Kier molecular flexibility index (Phi) is 9.37. The van der Waals surface area contributed by atoms with Crippen LogP contribution in [0.1, 0.15) is 33.6 Å². The van der Waals surface area contributed by atoms with Crippen molar-refractivity contribution >= 4 is 51.1 Å². The van der Waals surface area contributed by atoms with Crippen LogP contribution >= 0.6 is 23.1 Å². The minimum Gasteiger partial charge on any atom is -0.494 e. The van der Waals surface area contributed by atoms with Gasteiger partial charge in [-0.3, -0.25) is 14.4 Å². The molecule has 10 heteroatoms. The Morgan fingerprint density at radius 2 is 2.03 bits per heavy atom. The molecule has 0 N–H and O–H groups in total. The summed E-state index contributed by atoms with van der Waals surface area (Å²) < 4.78 is 13.2. The molecule has 0 saturated carbocycles. The van der Waals surface area contributed by atoms with Gasteiger partial charge in [0.2, 0.25) is 5.91 Å². The van der Waals surface area contributed by atoms with E-state index in [2.05, 4.69) is 11.9 Å². The van der Waals surface area contributed by atoms with Crippen LogP contribution in [0.2, 0.25) is 0 Å². The lowest BCUT2D eigenvalue weighted by molar-refractivity contribution is -0.143. The molecular weight excluding hydrogens is 462 g/mol. The Morgan fingerprint density at radius 1 is 1.21 bits per heavy atom. The van der Waals surface area contributed by atoms with Crippen molar-refractivity contribution in [3.8, 4) is 5.75 Å². The molecule has 2 aromatic rings.